The molecule has 2 nitrogen and oxygen atoms in total. The number of ketones is 1. The van der Waals surface area contributed by atoms with Crippen molar-refractivity contribution in [2.24, 2.45) is 11.3 Å². The van der Waals surface area contributed by atoms with Gasteiger partial charge in [0.25, 0.3) is 0 Å². The first-order valence-electron chi connectivity index (χ1n) is 6.67. The van der Waals surface area contributed by atoms with Crippen LogP contribution in [0.1, 0.15) is 53.4 Å². The molecule has 0 saturated heterocycles. The number of Topliss-reactive ketones (excluding diaryl/α,β-unsaturated/α-hetero) is 1. The molecule has 2 heteroatoms. The summed E-state index contributed by atoms with van der Waals surface area (Å²) >= 11 is 0. The second-order valence-electron chi connectivity index (χ2n) is 5.89. The molecule has 0 spiro atoms. The Labute approximate surface area is 100 Å². The van der Waals surface area contributed by atoms with Crippen LogP contribution >= 0.6 is 0 Å². The van der Waals surface area contributed by atoms with Crippen LogP contribution in [-0.2, 0) is 4.79 Å². The van der Waals surface area contributed by atoms with E-state index in [0.717, 1.165) is 19.4 Å². The zero-order valence-corrected chi connectivity index (χ0v) is 11.5. The fraction of sp³-hybridized carbons (Fsp3) is 0.929. The van der Waals surface area contributed by atoms with Gasteiger partial charge in [0, 0.05) is 23.9 Å². The van der Waals surface area contributed by atoms with Gasteiger partial charge in [-0.3, -0.25) is 4.79 Å². The zero-order valence-electron chi connectivity index (χ0n) is 11.5. The summed E-state index contributed by atoms with van der Waals surface area (Å²) in [6.07, 6.45) is 4.50. The van der Waals surface area contributed by atoms with Crippen LogP contribution in [0, 0.1) is 11.3 Å². The van der Waals surface area contributed by atoms with Crippen molar-refractivity contribution in [1.82, 2.24) is 4.90 Å². The van der Waals surface area contributed by atoms with Crippen LogP contribution < -0.4 is 0 Å². The lowest BCUT2D eigenvalue weighted by Gasteiger charge is -2.28. The summed E-state index contributed by atoms with van der Waals surface area (Å²) in [7, 11) is 2.16. The number of nitrogens with zero attached hydrogens (tertiary/aromatic N) is 1. The third-order valence-corrected chi connectivity index (χ3v) is 4.23. The van der Waals surface area contributed by atoms with Crippen molar-refractivity contribution in [2.75, 3.05) is 13.6 Å². The number of carbonyl (C=O) groups excluding carboxylic acids is 1. The molecule has 0 N–H and O–H groups in total. The summed E-state index contributed by atoms with van der Waals surface area (Å²) in [5.74, 6) is 0.755. The Morgan fingerprint density at radius 3 is 2.31 bits per heavy atom. The average Bonchev–Trinajstić information content (AvgIpc) is 2.47. The van der Waals surface area contributed by atoms with E-state index >= 15 is 0 Å². The minimum atomic E-state index is -0.0700. The normalized spacial score (nSPS) is 24.7. The Kier molecular flexibility index (Phi) is 4.54. The zero-order chi connectivity index (χ0) is 12.3. The van der Waals surface area contributed by atoms with E-state index in [4.69, 9.17) is 0 Å². The number of hydrogen-bond acceptors (Lipinski definition) is 2. The molecule has 1 rings (SSSR count). The summed E-state index contributed by atoms with van der Waals surface area (Å²) in [6, 6.07) is 0.636. The van der Waals surface area contributed by atoms with E-state index in [9.17, 15) is 4.79 Å². The molecule has 1 fully saturated rings. The molecule has 1 aliphatic carbocycles. The average molecular weight is 225 g/mol. The standard InChI is InChI=1S/C14H27NO/c1-6-12(7-2)15(5)10-11-8-9-14(3,4)13(11)16/h11-12H,6-10H2,1-5H3. The van der Waals surface area contributed by atoms with Gasteiger partial charge in [0.1, 0.15) is 5.78 Å². The third-order valence-electron chi connectivity index (χ3n) is 4.23. The molecule has 0 aromatic carbocycles. The first-order chi connectivity index (χ1) is 7.42. The maximum Gasteiger partial charge on any atom is 0.142 e. The second kappa shape index (κ2) is 5.31. The minimum absolute atomic E-state index is 0.0700. The summed E-state index contributed by atoms with van der Waals surface area (Å²) in [4.78, 5) is 14.5. The Morgan fingerprint density at radius 2 is 1.94 bits per heavy atom. The monoisotopic (exact) mass is 225 g/mol. The second-order valence-corrected chi connectivity index (χ2v) is 5.89. The van der Waals surface area contributed by atoms with Crippen LogP contribution in [0.2, 0.25) is 0 Å². The molecule has 0 aliphatic heterocycles. The van der Waals surface area contributed by atoms with Crippen molar-refractivity contribution < 1.29 is 4.79 Å². The van der Waals surface area contributed by atoms with E-state index < -0.39 is 0 Å². The van der Waals surface area contributed by atoms with Gasteiger partial charge in [-0.15, -0.1) is 0 Å². The minimum Gasteiger partial charge on any atom is -0.303 e. The van der Waals surface area contributed by atoms with Crippen molar-refractivity contribution in [2.45, 2.75) is 59.4 Å². The van der Waals surface area contributed by atoms with Crippen molar-refractivity contribution in [3.8, 4) is 0 Å². The van der Waals surface area contributed by atoms with Gasteiger partial charge in [-0.05, 0) is 32.7 Å². The molecule has 0 bridgehead atoms. The van der Waals surface area contributed by atoms with Gasteiger partial charge in [0.05, 0.1) is 0 Å². The van der Waals surface area contributed by atoms with E-state index in [0.29, 0.717) is 11.8 Å². The SMILES string of the molecule is CCC(CC)N(C)CC1CCC(C)(C)C1=O. The first kappa shape index (κ1) is 13.7. The summed E-state index contributed by atoms with van der Waals surface area (Å²) in [5, 5.41) is 0. The van der Waals surface area contributed by atoms with E-state index in [1.165, 1.54) is 12.8 Å². The first-order valence-corrected chi connectivity index (χ1v) is 6.67. The molecule has 0 radical (unpaired) electrons. The van der Waals surface area contributed by atoms with Gasteiger partial charge < -0.3 is 4.90 Å². The molecule has 1 saturated carbocycles. The van der Waals surface area contributed by atoms with E-state index in [2.05, 4.69) is 39.6 Å². The van der Waals surface area contributed by atoms with Crippen molar-refractivity contribution in [3.05, 3.63) is 0 Å². The van der Waals surface area contributed by atoms with Crippen LogP contribution in [-0.4, -0.2) is 30.3 Å². The van der Waals surface area contributed by atoms with E-state index in [1.54, 1.807) is 0 Å². The Morgan fingerprint density at radius 1 is 1.38 bits per heavy atom. The molecule has 1 atom stereocenters. The lowest BCUT2D eigenvalue weighted by atomic mass is 9.89. The molecule has 0 amide bonds. The van der Waals surface area contributed by atoms with E-state index in [-0.39, 0.29) is 11.3 Å². The van der Waals surface area contributed by atoms with Crippen molar-refractivity contribution in [3.63, 3.8) is 0 Å². The van der Waals surface area contributed by atoms with Crippen LogP contribution in [0.3, 0.4) is 0 Å². The molecular formula is C14H27NO. The number of carbonyl (C=O) groups is 1. The highest BCUT2D eigenvalue weighted by Crippen LogP contribution is 2.37. The highest BCUT2D eigenvalue weighted by molar-refractivity contribution is 5.88. The van der Waals surface area contributed by atoms with Crippen LogP contribution in [0.5, 0.6) is 0 Å². The Hall–Kier alpha value is -0.370. The quantitative estimate of drug-likeness (QED) is 0.716. The van der Waals surface area contributed by atoms with Gasteiger partial charge in [-0.25, -0.2) is 0 Å². The van der Waals surface area contributed by atoms with Crippen molar-refractivity contribution in [1.29, 1.82) is 0 Å². The van der Waals surface area contributed by atoms with Crippen LogP contribution in [0.15, 0.2) is 0 Å². The predicted octanol–water partition coefficient (Wildman–Crippen LogP) is 3.11. The summed E-state index contributed by atoms with van der Waals surface area (Å²) in [5.41, 5.74) is -0.0700. The molecule has 1 aliphatic rings. The Bertz CT molecular complexity index is 243. The van der Waals surface area contributed by atoms with Gasteiger partial charge in [-0.1, -0.05) is 27.7 Å². The highest BCUT2D eigenvalue weighted by atomic mass is 16.1. The molecule has 16 heavy (non-hydrogen) atoms. The topological polar surface area (TPSA) is 20.3 Å². The lowest BCUT2D eigenvalue weighted by Crippen LogP contribution is -2.37. The van der Waals surface area contributed by atoms with Gasteiger partial charge in [0.2, 0.25) is 0 Å². The fourth-order valence-electron chi connectivity index (χ4n) is 2.92. The fourth-order valence-corrected chi connectivity index (χ4v) is 2.92. The maximum atomic E-state index is 12.1. The third kappa shape index (κ3) is 2.85. The van der Waals surface area contributed by atoms with Crippen LogP contribution in [0.25, 0.3) is 0 Å². The maximum absolute atomic E-state index is 12.1. The Balaban J connectivity index is 2.53. The van der Waals surface area contributed by atoms with Gasteiger partial charge in [0.15, 0.2) is 0 Å². The number of hydrogen-bond donors (Lipinski definition) is 0. The van der Waals surface area contributed by atoms with Gasteiger partial charge >= 0.3 is 0 Å². The van der Waals surface area contributed by atoms with Crippen molar-refractivity contribution >= 4 is 5.78 Å². The van der Waals surface area contributed by atoms with Crippen LogP contribution in [0.4, 0.5) is 0 Å². The predicted molar refractivity (Wildman–Crippen MR) is 68.5 cm³/mol. The summed E-state index contributed by atoms with van der Waals surface area (Å²) < 4.78 is 0. The molecule has 0 aromatic heterocycles. The molecule has 0 heterocycles. The number of rotatable bonds is 5. The smallest absolute Gasteiger partial charge is 0.142 e. The lowest BCUT2D eigenvalue weighted by molar-refractivity contribution is -0.128. The highest BCUT2D eigenvalue weighted by Gasteiger charge is 2.40. The van der Waals surface area contributed by atoms with Gasteiger partial charge in [-0.2, -0.15) is 0 Å². The largest absolute Gasteiger partial charge is 0.303 e. The van der Waals surface area contributed by atoms with E-state index in [1.807, 2.05) is 0 Å². The molecule has 94 valence electrons. The summed E-state index contributed by atoms with van der Waals surface area (Å²) in [6.45, 7) is 9.59. The molecular weight excluding hydrogens is 198 g/mol. The molecule has 1 unspecified atom stereocenters. The molecule has 0 aromatic rings.